The fraction of sp³-hybridized carbons (Fsp3) is 0.786. The Labute approximate surface area is 125 Å². The van der Waals surface area contributed by atoms with E-state index in [2.05, 4.69) is 29.2 Å². The summed E-state index contributed by atoms with van der Waals surface area (Å²) < 4.78 is 5.35. The van der Waals surface area contributed by atoms with Gasteiger partial charge in [0.1, 0.15) is 0 Å². The number of nitrogens with one attached hydrogen (secondary N) is 1. The molecule has 1 unspecified atom stereocenters. The van der Waals surface area contributed by atoms with Gasteiger partial charge in [-0.25, -0.2) is 0 Å². The number of rotatable bonds is 8. The smallest absolute Gasteiger partial charge is 0.230 e. The Bertz CT molecular complexity index is 431. The van der Waals surface area contributed by atoms with Crippen LogP contribution in [0.1, 0.15) is 24.6 Å². The van der Waals surface area contributed by atoms with E-state index in [0.29, 0.717) is 6.04 Å². The molecule has 5 nitrogen and oxygen atoms in total. The average molecular weight is 298 g/mol. The van der Waals surface area contributed by atoms with Gasteiger partial charge in [-0.1, -0.05) is 11.3 Å². The van der Waals surface area contributed by atoms with Gasteiger partial charge in [-0.3, -0.25) is 4.90 Å². The van der Waals surface area contributed by atoms with Crippen LogP contribution >= 0.6 is 11.3 Å². The number of aromatic nitrogens is 1. The normalized spacial score (nSPS) is 16.5. The topological polar surface area (TPSA) is 40.6 Å². The molecule has 1 saturated carbocycles. The van der Waals surface area contributed by atoms with E-state index >= 15 is 0 Å². The Kier molecular flexibility index (Phi) is 5.23. The standard InChI is InChI=1S/C14H26N4OS/c1-10(18(4)11-6-7-11)8-15-9-12-13(19-5)16-14(20-12)17(2)3/h10-11,15H,6-9H2,1-5H3. The van der Waals surface area contributed by atoms with E-state index in [1.807, 2.05) is 19.0 Å². The first-order valence-corrected chi connectivity index (χ1v) is 7.98. The molecule has 1 aromatic rings. The number of methoxy groups -OCH3 is 1. The van der Waals surface area contributed by atoms with Gasteiger partial charge in [-0.05, 0) is 26.8 Å². The Morgan fingerprint density at radius 2 is 2.10 bits per heavy atom. The van der Waals surface area contributed by atoms with Crippen LogP contribution in [0.2, 0.25) is 0 Å². The summed E-state index contributed by atoms with van der Waals surface area (Å²) in [4.78, 5) is 10.1. The van der Waals surface area contributed by atoms with Crippen molar-refractivity contribution >= 4 is 16.5 Å². The van der Waals surface area contributed by atoms with Crippen LogP contribution < -0.4 is 15.0 Å². The Morgan fingerprint density at radius 3 is 2.65 bits per heavy atom. The van der Waals surface area contributed by atoms with Gasteiger partial charge in [0.2, 0.25) is 5.88 Å². The molecule has 2 rings (SSSR count). The summed E-state index contributed by atoms with van der Waals surface area (Å²) in [6.45, 7) is 4.09. The Balaban J connectivity index is 1.83. The molecule has 114 valence electrons. The number of anilines is 1. The van der Waals surface area contributed by atoms with E-state index in [0.717, 1.165) is 35.0 Å². The molecule has 0 radical (unpaired) electrons. The maximum absolute atomic E-state index is 5.35. The van der Waals surface area contributed by atoms with E-state index in [1.54, 1.807) is 18.4 Å². The van der Waals surface area contributed by atoms with Gasteiger partial charge in [-0.15, -0.1) is 0 Å². The van der Waals surface area contributed by atoms with Crippen molar-refractivity contribution in [1.82, 2.24) is 15.2 Å². The molecule has 0 aromatic carbocycles. The summed E-state index contributed by atoms with van der Waals surface area (Å²) in [5.74, 6) is 0.745. The zero-order chi connectivity index (χ0) is 14.7. The minimum Gasteiger partial charge on any atom is -0.480 e. The van der Waals surface area contributed by atoms with Gasteiger partial charge < -0.3 is 15.0 Å². The number of hydrogen-bond acceptors (Lipinski definition) is 6. The summed E-state index contributed by atoms with van der Waals surface area (Å²) in [7, 11) is 7.91. The molecule has 1 N–H and O–H groups in total. The fourth-order valence-electron chi connectivity index (χ4n) is 2.17. The summed E-state index contributed by atoms with van der Waals surface area (Å²) in [5, 5.41) is 4.51. The lowest BCUT2D eigenvalue weighted by Gasteiger charge is -2.24. The van der Waals surface area contributed by atoms with Crippen LogP contribution in [0.3, 0.4) is 0 Å². The van der Waals surface area contributed by atoms with Gasteiger partial charge in [-0.2, -0.15) is 4.98 Å². The quantitative estimate of drug-likeness (QED) is 0.792. The number of ether oxygens (including phenoxy) is 1. The van der Waals surface area contributed by atoms with Crippen molar-refractivity contribution in [3.63, 3.8) is 0 Å². The van der Waals surface area contributed by atoms with Crippen LogP contribution in [-0.2, 0) is 6.54 Å². The number of hydrogen-bond donors (Lipinski definition) is 1. The predicted octanol–water partition coefficient (Wildman–Crippen LogP) is 1.79. The highest BCUT2D eigenvalue weighted by molar-refractivity contribution is 7.15. The highest BCUT2D eigenvalue weighted by atomic mass is 32.1. The van der Waals surface area contributed by atoms with Crippen molar-refractivity contribution in [2.24, 2.45) is 0 Å². The molecule has 1 atom stereocenters. The third-order valence-electron chi connectivity index (χ3n) is 3.77. The summed E-state index contributed by atoms with van der Waals surface area (Å²) in [6.07, 6.45) is 2.71. The van der Waals surface area contributed by atoms with Gasteiger partial charge in [0.15, 0.2) is 5.13 Å². The van der Waals surface area contributed by atoms with Crippen molar-refractivity contribution in [2.75, 3.05) is 39.7 Å². The zero-order valence-corrected chi connectivity index (χ0v) is 14.0. The SMILES string of the molecule is COc1nc(N(C)C)sc1CNCC(C)N(C)C1CC1. The minimum atomic E-state index is 0.565. The maximum atomic E-state index is 5.35. The Morgan fingerprint density at radius 1 is 1.40 bits per heavy atom. The second-order valence-electron chi connectivity index (χ2n) is 5.70. The largest absolute Gasteiger partial charge is 0.480 e. The van der Waals surface area contributed by atoms with E-state index < -0.39 is 0 Å². The monoisotopic (exact) mass is 298 g/mol. The molecule has 1 heterocycles. The molecule has 6 heteroatoms. The lowest BCUT2D eigenvalue weighted by Crippen LogP contribution is -2.38. The molecule has 0 aliphatic heterocycles. The predicted molar refractivity (Wildman–Crippen MR) is 84.9 cm³/mol. The number of thiazole rings is 1. The van der Waals surface area contributed by atoms with Crippen molar-refractivity contribution in [1.29, 1.82) is 0 Å². The van der Waals surface area contributed by atoms with E-state index in [1.165, 1.54) is 12.8 Å². The molecule has 0 saturated heterocycles. The molecule has 1 fully saturated rings. The molecular weight excluding hydrogens is 272 g/mol. The van der Waals surface area contributed by atoms with Gasteiger partial charge >= 0.3 is 0 Å². The van der Waals surface area contributed by atoms with E-state index in [-0.39, 0.29) is 0 Å². The Hall–Kier alpha value is -0.850. The summed E-state index contributed by atoms with van der Waals surface area (Å²) in [5.41, 5.74) is 0. The van der Waals surface area contributed by atoms with Crippen LogP contribution in [0.4, 0.5) is 5.13 Å². The van der Waals surface area contributed by atoms with E-state index in [4.69, 9.17) is 4.74 Å². The maximum Gasteiger partial charge on any atom is 0.230 e. The third kappa shape index (κ3) is 3.84. The van der Waals surface area contributed by atoms with Gasteiger partial charge in [0, 0.05) is 39.3 Å². The van der Waals surface area contributed by atoms with Crippen molar-refractivity contribution in [3.05, 3.63) is 4.88 Å². The molecule has 1 aliphatic carbocycles. The van der Waals surface area contributed by atoms with Crippen molar-refractivity contribution < 1.29 is 4.74 Å². The first-order valence-electron chi connectivity index (χ1n) is 7.16. The molecule has 1 aromatic heterocycles. The zero-order valence-electron chi connectivity index (χ0n) is 13.1. The summed E-state index contributed by atoms with van der Waals surface area (Å²) in [6, 6.07) is 1.37. The van der Waals surface area contributed by atoms with Crippen molar-refractivity contribution in [2.45, 2.75) is 38.4 Å². The first-order chi connectivity index (χ1) is 9.52. The average Bonchev–Trinajstić information content (AvgIpc) is 3.18. The van der Waals surface area contributed by atoms with Gasteiger partial charge in [0.05, 0.1) is 12.0 Å². The van der Waals surface area contributed by atoms with E-state index in [9.17, 15) is 0 Å². The molecule has 0 spiro atoms. The van der Waals surface area contributed by atoms with Crippen LogP contribution in [0.15, 0.2) is 0 Å². The second-order valence-corrected chi connectivity index (χ2v) is 6.76. The van der Waals surface area contributed by atoms with Crippen LogP contribution in [0.25, 0.3) is 0 Å². The highest BCUT2D eigenvalue weighted by Gasteiger charge is 2.28. The van der Waals surface area contributed by atoms with Crippen LogP contribution in [0, 0.1) is 0 Å². The van der Waals surface area contributed by atoms with Gasteiger partial charge in [0.25, 0.3) is 0 Å². The first kappa shape index (κ1) is 15.5. The molecule has 1 aliphatic rings. The molecule has 20 heavy (non-hydrogen) atoms. The van der Waals surface area contributed by atoms with Crippen molar-refractivity contribution in [3.8, 4) is 5.88 Å². The second kappa shape index (κ2) is 6.74. The minimum absolute atomic E-state index is 0.565. The fourth-order valence-corrected chi connectivity index (χ4v) is 3.09. The lowest BCUT2D eigenvalue weighted by molar-refractivity contribution is 0.241. The lowest BCUT2D eigenvalue weighted by atomic mass is 10.3. The summed E-state index contributed by atoms with van der Waals surface area (Å²) >= 11 is 1.68. The molecule has 0 amide bonds. The molecular formula is C14H26N4OS. The number of likely N-dealkylation sites (N-methyl/N-ethyl adjacent to an activating group) is 1. The van der Waals surface area contributed by atoms with Crippen LogP contribution in [0.5, 0.6) is 5.88 Å². The molecule has 0 bridgehead atoms. The third-order valence-corrected chi connectivity index (χ3v) is 4.97. The highest BCUT2D eigenvalue weighted by Crippen LogP contribution is 2.30. The number of nitrogens with zero attached hydrogens (tertiary/aromatic N) is 3. The van der Waals surface area contributed by atoms with Crippen LogP contribution in [-0.4, -0.2) is 56.8 Å².